The summed E-state index contributed by atoms with van der Waals surface area (Å²) in [7, 11) is 0. The fraction of sp³-hybridized carbons (Fsp3) is 0.455. The maximum absolute atomic E-state index is 11.5. The lowest BCUT2D eigenvalue weighted by atomic mass is 10.1. The fourth-order valence-corrected chi connectivity index (χ4v) is 1.11. The van der Waals surface area contributed by atoms with Gasteiger partial charge < -0.3 is 11.1 Å². The van der Waals surface area contributed by atoms with E-state index in [4.69, 9.17) is 5.73 Å². The highest BCUT2D eigenvalue weighted by Gasteiger charge is 2.16. The fourth-order valence-electron chi connectivity index (χ4n) is 1.11. The Balaban J connectivity index is 0.00000225. The summed E-state index contributed by atoms with van der Waals surface area (Å²) in [5.74, 6) is 0.0350. The van der Waals surface area contributed by atoms with Crippen molar-refractivity contribution in [1.29, 1.82) is 0 Å². The first-order valence-corrected chi connectivity index (χ1v) is 5.03. The van der Waals surface area contributed by atoms with Crippen LogP contribution in [0.4, 0.5) is 0 Å². The highest BCUT2D eigenvalue weighted by atomic mass is 35.5. The quantitative estimate of drug-likeness (QED) is 0.832. The molecule has 0 aromatic carbocycles. The standard InChI is InChI=1S/C11H17N3O.ClH/c1-8(2)10(12)11(15)14-7-9-4-3-5-13-6-9;/h3-6,8,10H,7,12H2,1-2H3,(H,14,15);1H/t10-;/m1./s1. The molecule has 0 bridgehead atoms. The van der Waals surface area contributed by atoms with Crippen molar-refractivity contribution in [2.45, 2.75) is 26.4 Å². The van der Waals surface area contributed by atoms with Gasteiger partial charge in [-0.25, -0.2) is 0 Å². The summed E-state index contributed by atoms with van der Waals surface area (Å²) in [6.45, 7) is 4.33. The number of rotatable bonds is 4. The second-order valence-electron chi connectivity index (χ2n) is 3.85. The Morgan fingerprint density at radius 2 is 2.25 bits per heavy atom. The van der Waals surface area contributed by atoms with Crippen LogP contribution < -0.4 is 11.1 Å². The monoisotopic (exact) mass is 243 g/mol. The molecule has 0 fully saturated rings. The molecule has 5 heteroatoms. The first kappa shape index (κ1) is 14.9. The molecule has 3 N–H and O–H groups in total. The molecular weight excluding hydrogens is 226 g/mol. The van der Waals surface area contributed by atoms with Crippen molar-refractivity contribution < 1.29 is 4.79 Å². The Hall–Kier alpha value is -1.13. The minimum atomic E-state index is -0.443. The van der Waals surface area contributed by atoms with Crippen molar-refractivity contribution in [1.82, 2.24) is 10.3 Å². The lowest BCUT2D eigenvalue weighted by molar-refractivity contribution is -0.123. The number of amides is 1. The van der Waals surface area contributed by atoms with Gasteiger partial charge in [-0.05, 0) is 17.5 Å². The summed E-state index contributed by atoms with van der Waals surface area (Å²) in [6, 6.07) is 3.31. The van der Waals surface area contributed by atoms with E-state index >= 15 is 0 Å². The zero-order valence-electron chi connectivity index (χ0n) is 9.51. The maximum Gasteiger partial charge on any atom is 0.237 e. The molecule has 1 heterocycles. The smallest absolute Gasteiger partial charge is 0.237 e. The van der Waals surface area contributed by atoms with Gasteiger partial charge in [-0.1, -0.05) is 19.9 Å². The first-order chi connectivity index (χ1) is 7.11. The van der Waals surface area contributed by atoms with E-state index in [1.807, 2.05) is 26.0 Å². The molecule has 1 amide bonds. The third kappa shape index (κ3) is 4.59. The van der Waals surface area contributed by atoms with Gasteiger partial charge >= 0.3 is 0 Å². The number of nitrogens with zero attached hydrogens (tertiary/aromatic N) is 1. The molecule has 1 atom stereocenters. The molecule has 16 heavy (non-hydrogen) atoms. The zero-order chi connectivity index (χ0) is 11.3. The third-order valence-corrected chi connectivity index (χ3v) is 2.21. The van der Waals surface area contributed by atoms with Gasteiger partial charge in [0.2, 0.25) is 5.91 Å². The van der Waals surface area contributed by atoms with Gasteiger partial charge in [0.15, 0.2) is 0 Å². The van der Waals surface area contributed by atoms with Gasteiger partial charge in [0, 0.05) is 18.9 Å². The molecular formula is C11H18ClN3O. The zero-order valence-corrected chi connectivity index (χ0v) is 10.3. The Morgan fingerprint density at radius 3 is 2.75 bits per heavy atom. The predicted molar refractivity (Wildman–Crippen MR) is 66.1 cm³/mol. The summed E-state index contributed by atoms with van der Waals surface area (Å²) in [5, 5.41) is 2.78. The van der Waals surface area contributed by atoms with Crippen LogP contribution in [0.1, 0.15) is 19.4 Å². The topological polar surface area (TPSA) is 68.0 Å². The highest BCUT2D eigenvalue weighted by Crippen LogP contribution is 1.99. The van der Waals surface area contributed by atoms with E-state index in [0.717, 1.165) is 5.56 Å². The molecule has 1 rings (SSSR count). The van der Waals surface area contributed by atoms with Crippen LogP contribution in [-0.4, -0.2) is 16.9 Å². The van der Waals surface area contributed by atoms with E-state index in [1.165, 1.54) is 0 Å². The van der Waals surface area contributed by atoms with Gasteiger partial charge in [0.05, 0.1) is 6.04 Å². The summed E-state index contributed by atoms with van der Waals surface area (Å²) in [6.07, 6.45) is 3.42. The third-order valence-electron chi connectivity index (χ3n) is 2.21. The van der Waals surface area contributed by atoms with E-state index in [0.29, 0.717) is 6.54 Å². The Bertz CT molecular complexity index is 316. The van der Waals surface area contributed by atoms with Crippen molar-refractivity contribution in [3.8, 4) is 0 Å². The molecule has 4 nitrogen and oxygen atoms in total. The van der Waals surface area contributed by atoms with Crippen LogP contribution in [0.2, 0.25) is 0 Å². The average Bonchev–Trinajstić information content (AvgIpc) is 2.26. The number of hydrogen-bond donors (Lipinski definition) is 2. The Kier molecular flexibility index (Phi) is 6.69. The highest BCUT2D eigenvalue weighted by molar-refractivity contribution is 5.85. The first-order valence-electron chi connectivity index (χ1n) is 5.03. The van der Waals surface area contributed by atoms with Crippen LogP contribution in [0.3, 0.4) is 0 Å². The summed E-state index contributed by atoms with van der Waals surface area (Å²) < 4.78 is 0. The second-order valence-corrected chi connectivity index (χ2v) is 3.85. The summed E-state index contributed by atoms with van der Waals surface area (Å²) in [5.41, 5.74) is 6.67. The number of carbonyl (C=O) groups is 1. The van der Waals surface area contributed by atoms with Crippen molar-refractivity contribution in [2.75, 3.05) is 0 Å². The molecule has 1 aromatic rings. The number of nitrogens with one attached hydrogen (secondary N) is 1. The van der Waals surface area contributed by atoms with E-state index in [-0.39, 0.29) is 24.2 Å². The van der Waals surface area contributed by atoms with E-state index in [1.54, 1.807) is 12.4 Å². The summed E-state index contributed by atoms with van der Waals surface area (Å²) in [4.78, 5) is 15.5. The van der Waals surface area contributed by atoms with E-state index in [9.17, 15) is 4.79 Å². The molecule has 1 aromatic heterocycles. The van der Waals surface area contributed by atoms with Crippen LogP contribution in [0, 0.1) is 5.92 Å². The average molecular weight is 244 g/mol. The molecule has 0 unspecified atom stereocenters. The van der Waals surface area contributed by atoms with Gasteiger partial charge in [-0.3, -0.25) is 9.78 Å². The minimum Gasteiger partial charge on any atom is -0.351 e. The van der Waals surface area contributed by atoms with Gasteiger partial charge in [0.25, 0.3) is 0 Å². The SMILES string of the molecule is CC(C)[C@@H](N)C(=O)NCc1cccnc1.Cl. The summed E-state index contributed by atoms with van der Waals surface area (Å²) >= 11 is 0. The molecule has 0 spiro atoms. The predicted octanol–water partition coefficient (Wildman–Crippen LogP) is 1.10. The van der Waals surface area contributed by atoms with Crippen LogP contribution in [0.5, 0.6) is 0 Å². The number of halogens is 1. The molecule has 0 aliphatic carbocycles. The minimum absolute atomic E-state index is 0. The van der Waals surface area contributed by atoms with Crippen LogP contribution >= 0.6 is 12.4 Å². The van der Waals surface area contributed by atoms with E-state index in [2.05, 4.69) is 10.3 Å². The molecule has 0 aliphatic rings. The maximum atomic E-state index is 11.5. The molecule has 90 valence electrons. The number of aromatic nitrogens is 1. The van der Waals surface area contributed by atoms with Gasteiger partial charge in [-0.2, -0.15) is 0 Å². The number of pyridine rings is 1. The molecule has 0 aliphatic heterocycles. The number of hydrogen-bond acceptors (Lipinski definition) is 3. The lowest BCUT2D eigenvalue weighted by Crippen LogP contribution is -2.43. The Labute approximate surface area is 102 Å². The van der Waals surface area contributed by atoms with E-state index < -0.39 is 6.04 Å². The second kappa shape index (κ2) is 7.19. The van der Waals surface area contributed by atoms with Crippen molar-refractivity contribution in [3.05, 3.63) is 30.1 Å². The molecule has 0 radical (unpaired) electrons. The van der Waals surface area contributed by atoms with Crippen molar-refractivity contribution >= 4 is 18.3 Å². The van der Waals surface area contributed by atoms with Crippen LogP contribution in [0.15, 0.2) is 24.5 Å². The largest absolute Gasteiger partial charge is 0.351 e. The van der Waals surface area contributed by atoms with Gasteiger partial charge in [0.1, 0.15) is 0 Å². The van der Waals surface area contributed by atoms with Crippen molar-refractivity contribution in [3.63, 3.8) is 0 Å². The normalized spacial score (nSPS) is 11.8. The Morgan fingerprint density at radius 1 is 1.56 bits per heavy atom. The molecule has 0 saturated carbocycles. The van der Waals surface area contributed by atoms with Crippen LogP contribution in [0.25, 0.3) is 0 Å². The van der Waals surface area contributed by atoms with Gasteiger partial charge in [-0.15, -0.1) is 12.4 Å². The number of carbonyl (C=O) groups excluding carboxylic acids is 1. The lowest BCUT2D eigenvalue weighted by Gasteiger charge is -2.15. The van der Waals surface area contributed by atoms with Crippen molar-refractivity contribution in [2.24, 2.45) is 11.7 Å². The molecule has 0 saturated heterocycles. The van der Waals surface area contributed by atoms with Crippen LogP contribution in [-0.2, 0) is 11.3 Å². The number of nitrogens with two attached hydrogens (primary N) is 1.